The van der Waals surface area contributed by atoms with E-state index in [0.717, 1.165) is 110 Å². The van der Waals surface area contributed by atoms with E-state index in [1.807, 2.05) is 24.3 Å². The molecule has 0 spiro atoms. The molecule has 7 heteroatoms. The van der Waals surface area contributed by atoms with Gasteiger partial charge in [-0.3, -0.25) is 4.57 Å². The molecular weight excluding hydrogens is 789 g/mol. The van der Waals surface area contributed by atoms with Gasteiger partial charge in [-0.15, -0.1) is 0 Å². The predicted molar refractivity (Wildman–Crippen MR) is 256 cm³/mol. The van der Waals surface area contributed by atoms with E-state index in [9.17, 15) is 0 Å². The highest BCUT2D eigenvalue weighted by Gasteiger charge is 2.32. The van der Waals surface area contributed by atoms with Crippen LogP contribution in [0.25, 0.3) is 116 Å². The van der Waals surface area contributed by atoms with Gasteiger partial charge in [-0.05, 0) is 35.9 Å². The molecule has 4 aromatic heterocycles. The van der Waals surface area contributed by atoms with Gasteiger partial charge >= 0.3 is 0 Å². The molecule has 0 bridgehead atoms. The normalized spacial score (nSPS) is 14.7. The third-order valence-electron chi connectivity index (χ3n) is 13.0. The molecule has 14 rings (SSSR count). The molecule has 1 aliphatic heterocycles. The molecule has 1 aliphatic carbocycles. The number of rotatable bonds is 5. The summed E-state index contributed by atoms with van der Waals surface area (Å²) >= 11 is 0. The second-order valence-electron chi connectivity index (χ2n) is 16.6. The van der Waals surface area contributed by atoms with Crippen LogP contribution in [-0.2, 0) is 0 Å². The summed E-state index contributed by atoms with van der Waals surface area (Å²) in [5, 5.41) is 6.55. The zero-order valence-corrected chi connectivity index (χ0v) is 34.2. The van der Waals surface area contributed by atoms with E-state index in [2.05, 4.69) is 168 Å². The van der Waals surface area contributed by atoms with Crippen LogP contribution < -0.4 is 4.74 Å². The van der Waals surface area contributed by atoms with Crippen molar-refractivity contribution in [3.8, 4) is 45.3 Å². The Balaban J connectivity index is 0.931. The number of hydrogen-bond acceptors (Lipinski definition) is 6. The van der Waals surface area contributed by atoms with Crippen molar-refractivity contribution < 1.29 is 13.6 Å². The fraction of sp³-hybridized carbons (Fsp3) is 0.0351. The molecule has 5 heterocycles. The summed E-state index contributed by atoms with van der Waals surface area (Å²) in [6.07, 6.45) is 4.83. The first-order valence-electron chi connectivity index (χ1n) is 21.6. The quantitative estimate of drug-likeness (QED) is 0.172. The summed E-state index contributed by atoms with van der Waals surface area (Å²) in [6, 6.07) is 60.8. The zero-order chi connectivity index (χ0) is 41.9. The number of aromatic nitrogens is 4. The minimum Gasteiger partial charge on any atom is -0.485 e. The van der Waals surface area contributed by atoms with E-state index in [-0.39, 0.29) is 6.10 Å². The zero-order valence-electron chi connectivity index (χ0n) is 34.2. The van der Waals surface area contributed by atoms with Crippen molar-refractivity contribution in [2.75, 3.05) is 0 Å². The Morgan fingerprint density at radius 1 is 0.438 bits per heavy atom. The van der Waals surface area contributed by atoms with Crippen LogP contribution in [0.2, 0.25) is 0 Å². The Morgan fingerprint density at radius 2 is 1.00 bits per heavy atom. The average molecular weight is 823 g/mol. The lowest BCUT2D eigenvalue weighted by atomic mass is 9.92. The van der Waals surface area contributed by atoms with Crippen molar-refractivity contribution in [2.45, 2.75) is 12.5 Å². The summed E-state index contributed by atoms with van der Waals surface area (Å²) in [7, 11) is 0. The maximum atomic E-state index is 6.99. The van der Waals surface area contributed by atoms with E-state index in [4.69, 9.17) is 28.5 Å². The number of nitrogens with zero attached hydrogens (tertiary/aromatic N) is 4. The van der Waals surface area contributed by atoms with Crippen molar-refractivity contribution in [1.82, 2.24) is 19.5 Å². The third-order valence-corrected chi connectivity index (χ3v) is 13.0. The van der Waals surface area contributed by atoms with Gasteiger partial charge in [0.1, 0.15) is 34.2 Å². The van der Waals surface area contributed by atoms with E-state index < -0.39 is 0 Å². The van der Waals surface area contributed by atoms with Gasteiger partial charge in [0.15, 0.2) is 11.6 Å². The molecule has 0 amide bonds. The Bertz CT molecular complexity index is 3940. The summed E-state index contributed by atoms with van der Waals surface area (Å²) in [6.45, 7) is 0. The first kappa shape index (κ1) is 35.1. The number of benzene rings is 8. The highest BCUT2D eigenvalue weighted by Crippen LogP contribution is 2.45. The largest absolute Gasteiger partial charge is 0.485 e. The molecule has 300 valence electrons. The van der Waals surface area contributed by atoms with Crippen molar-refractivity contribution in [3.05, 3.63) is 199 Å². The average Bonchev–Trinajstić information content (AvgIpc) is 4.13. The highest BCUT2D eigenvalue weighted by atomic mass is 16.5. The number of fused-ring (bicyclic) bond motifs is 12. The molecule has 64 heavy (non-hydrogen) atoms. The fourth-order valence-corrected chi connectivity index (χ4v) is 10.1. The summed E-state index contributed by atoms with van der Waals surface area (Å²) < 4.78 is 22.1. The fourth-order valence-electron chi connectivity index (χ4n) is 10.1. The van der Waals surface area contributed by atoms with Crippen LogP contribution in [-0.4, -0.2) is 25.6 Å². The predicted octanol–water partition coefficient (Wildman–Crippen LogP) is 14.4. The van der Waals surface area contributed by atoms with E-state index in [1.54, 1.807) is 0 Å². The summed E-state index contributed by atoms with van der Waals surface area (Å²) in [5.74, 6) is 2.66. The molecule has 2 aliphatic rings. The van der Waals surface area contributed by atoms with E-state index in [1.165, 1.54) is 5.57 Å². The smallest absolute Gasteiger partial charge is 0.238 e. The van der Waals surface area contributed by atoms with Crippen molar-refractivity contribution in [1.29, 1.82) is 0 Å². The topological polar surface area (TPSA) is 79.1 Å². The summed E-state index contributed by atoms with van der Waals surface area (Å²) in [4.78, 5) is 15.8. The number of furan rings is 2. The van der Waals surface area contributed by atoms with Gasteiger partial charge in [-0.1, -0.05) is 158 Å². The first-order chi connectivity index (χ1) is 31.7. The molecular formula is C57H34N4O3. The number of ether oxygens (including phenoxy) is 1. The van der Waals surface area contributed by atoms with Crippen LogP contribution in [0, 0.1) is 0 Å². The Kier molecular flexibility index (Phi) is 7.39. The van der Waals surface area contributed by atoms with Gasteiger partial charge in [0.2, 0.25) is 5.95 Å². The van der Waals surface area contributed by atoms with Gasteiger partial charge in [-0.25, -0.2) is 4.98 Å². The van der Waals surface area contributed by atoms with Crippen molar-refractivity contribution in [2.24, 2.45) is 0 Å². The highest BCUT2D eigenvalue weighted by molar-refractivity contribution is 6.16. The van der Waals surface area contributed by atoms with Crippen LogP contribution in [0.15, 0.2) is 197 Å². The van der Waals surface area contributed by atoms with Crippen LogP contribution in [0.3, 0.4) is 0 Å². The van der Waals surface area contributed by atoms with E-state index in [0.29, 0.717) is 24.0 Å². The molecule has 7 nitrogen and oxygen atoms in total. The van der Waals surface area contributed by atoms with Gasteiger partial charge < -0.3 is 13.6 Å². The van der Waals surface area contributed by atoms with Crippen LogP contribution in [0.4, 0.5) is 0 Å². The molecule has 12 aromatic rings. The number of para-hydroxylation sites is 7. The van der Waals surface area contributed by atoms with Crippen LogP contribution >= 0.6 is 0 Å². The minimum atomic E-state index is -0.117. The standard InChI is InChI=1S/C57H34N4O3/c1-5-25-47-37(15-1)38-16-2-6-26-48(38)61(47)57-59-55(58-56(60-57)35-29-30-41-39-17-3-7-27-49(39)62-51(41)32-35)34-14-9-13-33(31-34)36-19-10-21-43-45-23-12-24-46(54(45)64-52(36)43)44-22-11-20-42-40-18-4-8-28-50(40)63-53(42)44/h1-31,51H,32H2. The Morgan fingerprint density at radius 3 is 1.78 bits per heavy atom. The lowest BCUT2D eigenvalue weighted by molar-refractivity contribution is 0.281. The van der Waals surface area contributed by atoms with Crippen LogP contribution in [0.5, 0.6) is 5.75 Å². The van der Waals surface area contributed by atoms with Gasteiger partial charge in [0.25, 0.3) is 0 Å². The van der Waals surface area contributed by atoms with Gasteiger partial charge in [0, 0.05) is 77.7 Å². The molecule has 1 atom stereocenters. The molecule has 0 saturated carbocycles. The molecule has 0 saturated heterocycles. The lowest BCUT2D eigenvalue weighted by Crippen LogP contribution is -2.17. The second-order valence-corrected chi connectivity index (χ2v) is 16.6. The van der Waals surface area contributed by atoms with Crippen molar-refractivity contribution >= 4 is 76.8 Å². The minimum absolute atomic E-state index is 0.117. The first-order valence-corrected chi connectivity index (χ1v) is 21.6. The third kappa shape index (κ3) is 5.18. The van der Waals surface area contributed by atoms with Gasteiger partial charge in [-0.2, -0.15) is 9.97 Å². The molecule has 1 unspecified atom stereocenters. The second kappa shape index (κ2) is 13.5. The van der Waals surface area contributed by atoms with E-state index >= 15 is 0 Å². The SMILES string of the molecule is C1=C(c2nc(-c3cccc(-c4cccc5c4oc4c(-c6cccc7c6oc6ccccc67)cccc45)c3)nc(-n3c4ccccc4c4ccccc43)n2)CC2Oc3ccccc3C2=C1. The van der Waals surface area contributed by atoms with Gasteiger partial charge in [0.05, 0.1) is 11.0 Å². The maximum absolute atomic E-state index is 6.99. The van der Waals surface area contributed by atoms with Crippen LogP contribution in [0.1, 0.15) is 17.8 Å². The molecule has 0 fully saturated rings. The van der Waals surface area contributed by atoms with Crippen molar-refractivity contribution in [3.63, 3.8) is 0 Å². The Hall–Kier alpha value is -8.55. The molecule has 8 aromatic carbocycles. The maximum Gasteiger partial charge on any atom is 0.238 e. The molecule has 0 N–H and O–H groups in total. The number of allylic oxidation sites excluding steroid dienone is 2. The monoisotopic (exact) mass is 822 g/mol. The molecule has 0 radical (unpaired) electrons. The summed E-state index contributed by atoms with van der Waals surface area (Å²) in [5.41, 5.74) is 13.5. The number of hydrogen-bond donors (Lipinski definition) is 0. The lowest BCUT2D eigenvalue weighted by Gasteiger charge is -2.19. The Labute approximate surface area is 365 Å².